The molecule has 4 heteroatoms. The minimum Gasteiger partial charge on any atom is -0.269 e. The van der Waals surface area contributed by atoms with Gasteiger partial charge in [0.25, 0.3) is 11.1 Å². The molecule has 0 aromatic carbocycles. The molecule has 0 spiro atoms. The van der Waals surface area contributed by atoms with E-state index in [-0.39, 0.29) is 11.1 Å². The van der Waals surface area contributed by atoms with Crippen LogP contribution in [0.1, 0.15) is 20.3 Å². The molecule has 12 heavy (non-hydrogen) atoms. The van der Waals surface area contributed by atoms with Gasteiger partial charge in [-0.1, -0.05) is 13.0 Å². The summed E-state index contributed by atoms with van der Waals surface area (Å²) in [6.07, 6.45) is 2.58. The average Bonchev–Trinajstić information content (AvgIpc) is 2.29. The van der Waals surface area contributed by atoms with Crippen LogP contribution in [-0.2, 0) is 4.79 Å². The Kier molecular flexibility index (Phi) is 2.92. The number of hydrogen-bond acceptors (Lipinski definition) is 3. The molecule has 0 bridgehead atoms. The first-order valence-electron chi connectivity index (χ1n) is 3.94. The van der Waals surface area contributed by atoms with Crippen molar-refractivity contribution >= 4 is 22.9 Å². The molecule has 0 saturated carbocycles. The highest BCUT2D eigenvalue weighted by molar-refractivity contribution is 8.18. The molecular formula is C8H11NO2S. The Morgan fingerprint density at radius 2 is 2.08 bits per heavy atom. The van der Waals surface area contributed by atoms with Gasteiger partial charge in [-0.3, -0.25) is 14.5 Å². The van der Waals surface area contributed by atoms with Gasteiger partial charge in [0.05, 0.1) is 4.91 Å². The van der Waals surface area contributed by atoms with Crippen molar-refractivity contribution in [3.8, 4) is 0 Å². The molecule has 1 aliphatic rings. The van der Waals surface area contributed by atoms with Crippen molar-refractivity contribution in [3.05, 3.63) is 11.0 Å². The molecule has 0 atom stereocenters. The Bertz CT molecular complexity index is 247. The summed E-state index contributed by atoms with van der Waals surface area (Å²) in [4.78, 5) is 24.3. The van der Waals surface area contributed by atoms with E-state index in [1.54, 1.807) is 13.0 Å². The van der Waals surface area contributed by atoms with Crippen LogP contribution in [0.3, 0.4) is 0 Å². The van der Waals surface area contributed by atoms with E-state index in [2.05, 4.69) is 0 Å². The first-order valence-corrected chi connectivity index (χ1v) is 4.76. The third-order valence-electron chi connectivity index (χ3n) is 1.58. The van der Waals surface area contributed by atoms with Crippen LogP contribution in [0.2, 0.25) is 0 Å². The van der Waals surface area contributed by atoms with Gasteiger partial charge in [0.15, 0.2) is 0 Å². The van der Waals surface area contributed by atoms with Crippen molar-refractivity contribution in [2.45, 2.75) is 20.3 Å². The maximum Gasteiger partial charge on any atom is 0.293 e. The summed E-state index contributed by atoms with van der Waals surface area (Å²) in [6, 6.07) is 0. The lowest BCUT2D eigenvalue weighted by Crippen LogP contribution is -2.27. The Morgan fingerprint density at radius 1 is 1.42 bits per heavy atom. The summed E-state index contributed by atoms with van der Waals surface area (Å²) < 4.78 is 0. The third kappa shape index (κ3) is 1.53. The van der Waals surface area contributed by atoms with Gasteiger partial charge < -0.3 is 0 Å². The predicted octanol–water partition coefficient (Wildman–Crippen LogP) is 2.00. The minimum atomic E-state index is -0.151. The molecule has 3 nitrogen and oxygen atoms in total. The minimum absolute atomic E-state index is 0.144. The zero-order chi connectivity index (χ0) is 9.14. The van der Waals surface area contributed by atoms with E-state index in [1.165, 1.54) is 4.90 Å². The van der Waals surface area contributed by atoms with Gasteiger partial charge in [-0.15, -0.1) is 0 Å². The molecule has 0 N–H and O–H groups in total. The second kappa shape index (κ2) is 3.76. The zero-order valence-electron chi connectivity index (χ0n) is 7.16. The highest BCUT2D eigenvalue weighted by atomic mass is 32.2. The number of allylic oxidation sites excluding steroid dienone is 1. The lowest BCUT2D eigenvalue weighted by molar-refractivity contribution is -0.122. The molecule has 0 aromatic rings. The van der Waals surface area contributed by atoms with Crippen LogP contribution in [0.15, 0.2) is 11.0 Å². The number of carbonyl (C=O) groups is 2. The van der Waals surface area contributed by atoms with E-state index in [0.717, 1.165) is 18.2 Å². The van der Waals surface area contributed by atoms with Crippen LogP contribution in [0.25, 0.3) is 0 Å². The normalized spacial score (nSPS) is 21.2. The molecule has 0 unspecified atom stereocenters. The van der Waals surface area contributed by atoms with E-state index < -0.39 is 0 Å². The van der Waals surface area contributed by atoms with E-state index in [4.69, 9.17) is 0 Å². The monoisotopic (exact) mass is 185 g/mol. The number of carbonyl (C=O) groups excluding carboxylic acids is 2. The van der Waals surface area contributed by atoms with Crippen LogP contribution >= 0.6 is 11.8 Å². The van der Waals surface area contributed by atoms with E-state index in [9.17, 15) is 9.59 Å². The lowest BCUT2D eigenvalue weighted by Gasteiger charge is -2.06. The zero-order valence-corrected chi connectivity index (χ0v) is 7.98. The molecule has 0 aromatic heterocycles. The van der Waals surface area contributed by atoms with Crippen LogP contribution in [0, 0.1) is 0 Å². The SMILES string of the molecule is CC/C=C1\SC(=O)N(CC)C1=O. The number of likely N-dealkylation sites (N-methyl/N-ethyl adjacent to an activating group) is 1. The third-order valence-corrected chi connectivity index (χ3v) is 2.54. The largest absolute Gasteiger partial charge is 0.293 e. The van der Waals surface area contributed by atoms with Crippen molar-refractivity contribution in [2.24, 2.45) is 0 Å². The summed E-state index contributed by atoms with van der Waals surface area (Å²) in [5.41, 5.74) is 0. The van der Waals surface area contributed by atoms with Gasteiger partial charge in [0.2, 0.25) is 0 Å². The molecule has 2 amide bonds. The number of imide groups is 1. The lowest BCUT2D eigenvalue weighted by atomic mass is 10.4. The second-order valence-electron chi connectivity index (χ2n) is 2.39. The Balaban J connectivity index is 2.82. The van der Waals surface area contributed by atoms with Crippen molar-refractivity contribution < 1.29 is 9.59 Å². The van der Waals surface area contributed by atoms with Crippen molar-refractivity contribution in [3.63, 3.8) is 0 Å². The quantitative estimate of drug-likeness (QED) is 0.617. The summed E-state index contributed by atoms with van der Waals surface area (Å²) in [5, 5.41) is -0.151. The second-order valence-corrected chi connectivity index (χ2v) is 3.39. The van der Waals surface area contributed by atoms with Crippen molar-refractivity contribution in [2.75, 3.05) is 6.54 Å². The molecule has 66 valence electrons. The van der Waals surface area contributed by atoms with E-state index in [0.29, 0.717) is 11.4 Å². The topological polar surface area (TPSA) is 37.4 Å². The van der Waals surface area contributed by atoms with Gasteiger partial charge in [0, 0.05) is 6.54 Å². The highest BCUT2D eigenvalue weighted by Crippen LogP contribution is 2.30. The molecule has 1 aliphatic heterocycles. The van der Waals surface area contributed by atoms with Crippen LogP contribution in [0.5, 0.6) is 0 Å². The standard InChI is InChI=1S/C8H11NO2S/c1-3-5-6-7(10)9(4-2)8(11)12-6/h5H,3-4H2,1-2H3/b6-5-. The van der Waals surface area contributed by atoms with Gasteiger partial charge in [0.1, 0.15) is 0 Å². The molecule has 1 saturated heterocycles. The Hall–Kier alpha value is -0.770. The molecule has 1 heterocycles. The van der Waals surface area contributed by atoms with Crippen LogP contribution in [-0.4, -0.2) is 22.6 Å². The first-order chi connectivity index (χ1) is 5.70. The highest BCUT2D eigenvalue weighted by Gasteiger charge is 2.33. The smallest absolute Gasteiger partial charge is 0.269 e. The molecule has 0 radical (unpaired) electrons. The van der Waals surface area contributed by atoms with E-state index in [1.807, 2.05) is 6.92 Å². The molecule has 1 rings (SSSR count). The Morgan fingerprint density at radius 3 is 2.50 bits per heavy atom. The molecule has 0 aliphatic carbocycles. The number of rotatable bonds is 2. The van der Waals surface area contributed by atoms with Gasteiger partial charge in [-0.25, -0.2) is 0 Å². The fourth-order valence-corrected chi connectivity index (χ4v) is 1.95. The number of hydrogen-bond donors (Lipinski definition) is 0. The number of nitrogens with zero attached hydrogens (tertiary/aromatic N) is 1. The van der Waals surface area contributed by atoms with Gasteiger partial charge in [-0.05, 0) is 25.1 Å². The fourth-order valence-electron chi connectivity index (χ4n) is 0.996. The summed E-state index contributed by atoms with van der Waals surface area (Å²) >= 11 is 1.03. The average molecular weight is 185 g/mol. The summed E-state index contributed by atoms with van der Waals surface area (Å²) in [5.74, 6) is -0.144. The maximum atomic E-state index is 11.4. The van der Waals surface area contributed by atoms with Crippen LogP contribution in [0.4, 0.5) is 4.79 Å². The summed E-state index contributed by atoms with van der Waals surface area (Å²) in [7, 11) is 0. The molecular weight excluding hydrogens is 174 g/mol. The summed E-state index contributed by atoms with van der Waals surface area (Å²) in [6.45, 7) is 4.21. The van der Waals surface area contributed by atoms with Crippen LogP contribution < -0.4 is 0 Å². The predicted molar refractivity (Wildman–Crippen MR) is 48.7 cm³/mol. The van der Waals surface area contributed by atoms with Crippen molar-refractivity contribution in [1.29, 1.82) is 0 Å². The fraction of sp³-hybridized carbons (Fsp3) is 0.500. The van der Waals surface area contributed by atoms with Gasteiger partial charge >= 0.3 is 0 Å². The Labute approximate surface area is 75.8 Å². The maximum absolute atomic E-state index is 11.4. The first kappa shape index (κ1) is 9.32. The number of amides is 2. The number of thioether (sulfide) groups is 1. The van der Waals surface area contributed by atoms with Crippen molar-refractivity contribution in [1.82, 2.24) is 4.90 Å². The van der Waals surface area contributed by atoms with Gasteiger partial charge in [-0.2, -0.15) is 0 Å². The molecule has 1 fully saturated rings. The van der Waals surface area contributed by atoms with E-state index >= 15 is 0 Å².